The van der Waals surface area contributed by atoms with Crippen LogP contribution in [0.4, 0.5) is 0 Å². The van der Waals surface area contributed by atoms with Gasteiger partial charge in [0.2, 0.25) is 40.1 Å². The highest BCUT2D eigenvalue weighted by atomic mass is 32.2. The molecule has 5 rings (SSSR count). The van der Waals surface area contributed by atoms with Crippen molar-refractivity contribution in [3.8, 4) is 0 Å². The molecule has 0 aliphatic carbocycles. The van der Waals surface area contributed by atoms with E-state index in [1.807, 2.05) is 62.9 Å². The summed E-state index contributed by atoms with van der Waals surface area (Å²) in [5, 5.41) is 0. The Kier molecular flexibility index (Phi) is 17.2. The van der Waals surface area contributed by atoms with Gasteiger partial charge in [0.05, 0.1) is 19.6 Å². The number of aryl methyl sites for hydroxylation is 4. The van der Waals surface area contributed by atoms with E-state index in [1.165, 1.54) is 32.9 Å². The lowest BCUT2D eigenvalue weighted by atomic mass is 10.2. The summed E-state index contributed by atoms with van der Waals surface area (Å²) in [5.74, 6) is 0. The predicted molar refractivity (Wildman–Crippen MR) is 244 cm³/mol. The normalized spacial score (nSPS) is 12.7. The Morgan fingerprint density at radius 1 is 0.387 bits per heavy atom. The third kappa shape index (κ3) is 13.8. The Morgan fingerprint density at radius 2 is 0.710 bits per heavy atom. The van der Waals surface area contributed by atoms with Crippen LogP contribution in [0.1, 0.15) is 40.7 Å². The molecule has 334 valence electrons. The maximum absolute atomic E-state index is 14.2. The minimum absolute atomic E-state index is 0.00311. The molecule has 5 aromatic rings. The second kappa shape index (κ2) is 21.9. The van der Waals surface area contributed by atoms with E-state index >= 15 is 0 Å². The molecule has 0 aliphatic rings. The summed E-state index contributed by atoms with van der Waals surface area (Å²) in [6.07, 6.45) is 0.371. The van der Waals surface area contributed by atoms with Gasteiger partial charge in [0.25, 0.3) is 0 Å². The van der Waals surface area contributed by atoms with Crippen LogP contribution in [-0.4, -0.2) is 99.5 Å². The molecule has 62 heavy (non-hydrogen) atoms. The van der Waals surface area contributed by atoms with Gasteiger partial charge in [-0.2, -0.15) is 8.61 Å². The van der Waals surface area contributed by atoms with Crippen molar-refractivity contribution in [3.63, 3.8) is 0 Å². The van der Waals surface area contributed by atoms with Crippen molar-refractivity contribution >= 4 is 40.1 Å². The molecule has 17 heteroatoms. The molecule has 2 N–H and O–H groups in total. The first kappa shape index (κ1) is 48.7. The molecular weight excluding hydrogens is 867 g/mol. The fourth-order valence-corrected chi connectivity index (χ4v) is 11.7. The maximum atomic E-state index is 14.2. The van der Waals surface area contributed by atoms with E-state index in [2.05, 4.69) is 9.44 Å². The molecule has 0 aliphatic heterocycles. The van der Waals surface area contributed by atoms with Crippen LogP contribution in [0.15, 0.2) is 147 Å². The largest absolute Gasteiger partial charge is 0.296 e. The Labute approximate surface area is 369 Å². The van der Waals surface area contributed by atoms with Crippen molar-refractivity contribution in [2.45, 2.75) is 66.7 Å². The van der Waals surface area contributed by atoms with E-state index in [1.54, 1.807) is 72.8 Å². The van der Waals surface area contributed by atoms with Crippen LogP contribution in [0.2, 0.25) is 0 Å². The van der Waals surface area contributed by atoms with Gasteiger partial charge in [-0.3, -0.25) is 4.90 Å². The Bertz CT molecular complexity index is 2480. The van der Waals surface area contributed by atoms with Crippen molar-refractivity contribution in [2.24, 2.45) is 0 Å². The summed E-state index contributed by atoms with van der Waals surface area (Å²) >= 11 is 0. The van der Waals surface area contributed by atoms with Crippen molar-refractivity contribution < 1.29 is 33.7 Å². The van der Waals surface area contributed by atoms with Crippen molar-refractivity contribution in [1.82, 2.24) is 23.0 Å². The zero-order valence-corrected chi connectivity index (χ0v) is 38.9. The lowest BCUT2D eigenvalue weighted by molar-refractivity contribution is 0.223. The molecule has 0 radical (unpaired) electrons. The van der Waals surface area contributed by atoms with Crippen LogP contribution in [0, 0.1) is 27.7 Å². The molecule has 0 saturated heterocycles. The minimum Gasteiger partial charge on any atom is -0.296 e. The summed E-state index contributed by atoms with van der Waals surface area (Å²) in [6.45, 7) is 8.33. The summed E-state index contributed by atoms with van der Waals surface area (Å²) in [4.78, 5) is 2.43. The molecule has 0 spiro atoms. The molecule has 0 heterocycles. The number of rotatable bonds is 24. The van der Waals surface area contributed by atoms with Gasteiger partial charge in [0.15, 0.2) is 0 Å². The number of nitrogens with zero attached hydrogens (tertiary/aromatic N) is 3. The first-order valence-electron chi connectivity index (χ1n) is 20.4. The van der Waals surface area contributed by atoms with Crippen LogP contribution >= 0.6 is 0 Å². The number of sulfonamides is 4. The quantitative estimate of drug-likeness (QED) is 0.0723. The Morgan fingerprint density at radius 3 is 1.05 bits per heavy atom. The molecule has 0 saturated carbocycles. The Hall–Kier alpha value is -4.30. The van der Waals surface area contributed by atoms with E-state index in [-0.39, 0.29) is 84.8 Å². The first-order valence-corrected chi connectivity index (χ1v) is 26.2. The highest BCUT2D eigenvalue weighted by Crippen LogP contribution is 2.20. The number of hydrogen-bond acceptors (Lipinski definition) is 9. The van der Waals surface area contributed by atoms with Crippen molar-refractivity contribution in [3.05, 3.63) is 155 Å². The third-order valence-corrected chi connectivity index (χ3v) is 17.1. The number of benzene rings is 5. The smallest absolute Gasteiger partial charge is 0.243 e. The van der Waals surface area contributed by atoms with Crippen molar-refractivity contribution in [2.75, 3.05) is 52.4 Å². The van der Waals surface area contributed by atoms with Crippen LogP contribution in [-0.2, 0) is 46.6 Å². The fourth-order valence-electron chi connectivity index (χ4n) is 6.57. The highest BCUT2D eigenvalue weighted by Gasteiger charge is 2.28. The molecule has 5 aromatic carbocycles. The van der Waals surface area contributed by atoms with Crippen LogP contribution in [0.3, 0.4) is 0 Å². The minimum atomic E-state index is -4.04. The van der Waals surface area contributed by atoms with E-state index in [0.29, 0.717) is 6.54 Å². The Balaban J connectivity index is 1.35. The van der Waals surface area contributed by atoms with Gasteiger partial charge in [-0.1, -0.05) is 101 Å². The zero-order chi connectivity index (χ0) is 45.0. The van der Waals surface area contributed by atoms with E-state index in [9.17, 15) is 33.7 Å². The predicted octanol–water partition coefficient (Wildman–Crippen LogP) is 5.84. The third-order valence-electron chi connectivity index (χ3n) is 10.3. The molecule has 0 fully saturated rings. The molecule has 0 aromatic heterocycles. The zero-order valence-electron chi connectivity index (χ0n) is 35.6. The molecular formula is C45H57N5O8S4. The molecule has 0 unspecified atom stereocenters. The lowest BCUT2D eigenvalue weighted by Crippen LogP contribution is -2.43. The van der Waals surface area contributed by atoms with Crippen molar-refractivity contribution in [1.29, 1.82) is 0 Å². The molecule has 0 amide bonds. The van der Waals surface area contributed by atoms with Gasteiger partial charge in [0.1, 0.15) is 0 Å². The number of nitrogens with one attached hydrogen (secondary N) is 2. The topological polar surface area (TPSA) is 170 Å². The van der Waals surface area contributed by atoms with Gasteiger partial charge in [-0.05, 0) is 94.6 Å². The summed E-state index contributed by atoms with van der Waals surface area (Å²) < 4.78 is 117. The monoisotopic (exact) mass is 923 g/mol. The van der Waals surface area contributed by atoms with Gasteiger partial charge in [0, 0.05) is 58.9 Å². The number of hydrogen-bond donors (Lipinski definition) is 2. The SMILES string of the molecule is Cc1ccc(S(=O)(=O)NCCCN(CCN(CCN(CCCNS(=O)(=O)c2ccc(C)cc2)S(=O)(=O)c2ccc(C)cc2)Cc2ccccc2)S(=O)(=O)c2ccc(C)cc2)cc1. The second-order valence-electron chi connectivity index (χ2n) is 15.3. The highest BCUT2D eigenvalue weighted by molar-refractivity contribution is 7.90. The van der Waals surface area contributed by atoms with Gasteiger partial charge in [-0.15, -0.1) is 0 Å². The summed E-state index contributed by atoms with van der Waals surface area (Å²) in [6, 6.07) is 35.6. The van der Waals surface area contributed by atoms with Gasteiger partial charge < -0.3 is 0 Å². The standard InChI is InChI=1S/C45H57N5O8S4/c1-37-12-20-42(21-13-37)59(51,52)46-28-8-30-49(61(55,56)44-24-16-39(3)17-25-44)34-32-48(36-41-10-6-5-7-11-41)33-35-50(62(57,58)45-26-18-40(4)19-27-45)31-9-29-47-60(53,54)43-22-14-38(2)15-23-43/h5-7,10-27,46-47H,8-9,28-36H2,1-4H3. The van der Waals surface area contributed by atoms with E-state index in [0.717, 1.165) is 27.8 Å². The fraction of sp³-hybridized carbons (Fsp3) is 0.333. The molecule has 0 atom stereocenters. The maximum Gasteiger partial charge on any atom is 0.243 e. The van der Waals surface area contributed by atoms with Gasteiger partial charge in [-0.25, -0.2) is 43.1 Å². The average Bonchev–Trinajstić information content (AvgIpc) is 3.23. The average molecular weight is 924 g/mol. The second-order valence-corrected chi connectivity index (χ2v) is 22.7. The summed E-state index contributed by atoms with van der Waals surface area (Å²) in [7, 11) is -15.7. The van der Waals surface area contributed by atoms with Crippen LogP contribution < -0.4 is 9.44 Å². The van der Waals surface area contributed by atoms with Gasteiger partial charge >= 0.3 is 0 Å². The van der Waals surface area contributed by atoms with Crippen LogP contribution in [0.5, 0.6) is 0 Å². The molecule has 13 nitrogen and oxygen atoms in total. The molecule has 0 bridgehead atoms. The van der Waals surface area contributed by atoms with Crippen LogP contribution in [0.25, 0.3) is 0 Å². The summed E-state index contributed by atoms with van der Waals surface area (Å²) in [5.41, 5.74) is 4.56. The van der Waals surface area contributed by atoms with E-state index < -0.39 is 40.1 Å². The van der Waals surface area contributed by atoms with E-state index in [4.69, 9.17) is 0 Å². The lowest BCUT2D eigenvalue weighted by Gasteiger charge is -2.30. The first-order chi connectivity index (χ1) is 29.4.